The molecule has 0 aromatic rings. The molecule has 0 heterocycles. The summed E-state index contributed by atoms with van der Waals surface area (Å²) in [5.74, 6) is 6.74. The van der Waals surface area contributed by atoms with Gasteiger partial charge in [-0.25, -0.2) is 0 Å². The van der Waals surface area contributed by atoms with Crippen LogP contribution in [0.3, 0.4) is 0 Å². The van der Waals surface area contributed by atoms with Crippen LogP contribution in [0.4, 0.5) is 0 Å². The van der Waals surface area contributed by atoms with Crippen molar-refractivity contribution in [3.63, 3.8) is 0 Å². The first-order valence-corrected chi connectivity index (χ1v) is 21.2. The Morgan fingerprint density at radius 3 is 1.30 bits per heavy atom. The van der Waals surface area contributed by atoms with Gasteiger partial charge in [0.05, 0.1) is 0 Å². The zero-order valence-electron chi connectivity index (χ0n) is 14.1. The molecule has 0 aromatic carbocycles. The summed E-state index contributed by atoms with van der Waals surface area (Å²) in [6.45, 7) is 13.9. The molecule has 0 saturated carbocycles. The van der Waals surface area contributed by atoms with Crippen molar-refractivity contribution in [3.05, 3.63) is 0 Å². The molecule has 0 aliphatic carbocycles. The molecule has 0 amide bonds. The molecule has 0 aliphatic rings. The van der Waals surface area contributed by atoms with E-state index >= 15 is 0 Å². The van der Waals surface area contributed by atoms with Gasteiger partial charge in [0.15, 0.2) is 0 Å². The van der Waals surface area contributed by atoms with E-state index in [0.717, 1.165) is 39.1 Å². The van der Waals surface area contributed by atoms with E-state index in [1.807, 2.05) is 0 Å². The summed E-state index contributed by atoms with van der Waals surface area (Å²) in [6.07, 6.45) is 4.91. The van der Waals surface area contributed by atoms with Crippen LogP contribution in [0, 0.1) is 22.9 Å². The summed E-state index contributed by atoms with van der Waals surface area (Å²) in [6, 6.07) is 0. The Kier molecular flexibility index (Phi) is 11.5. The fourth-order valence-electron chi connectivity index (χ4n) is 1.21. The Labute approximate surface area is 140 Å². The predicted octanol–water partition coefficient (Wildman–Crippen LogP) is 4.47. The van der Waals surface area contributed by atoms with Crippen LogP contribution in [0.15, 0.2) is 0 Å². The van der Waals surface area contributed by atoms with Gasteiger partial charge in [-0.15, -0.1) is 0 Å². The zero-order chi connectivity index (χ0) is 15.5. The van der Waals surface area contributed by atoms with E-state index in [9.17, 15) is 0 Å². The van der Waals surface area contributed by atoms with E-state index in [4.69, 9.17) is 0 Å². The van der Waals surface area contributed by atoms with Crippen LogP contribution in [0.5, 0.6) is 0 Å². The fraction of sp³-hybridized carbons (Fsp3) is 0.750. The van der Waals surface area contributed by atoms with Gasteiger partial charge in [-0.2, -0.15) is 0 Å². The molecule has 114 valence electrons. The van der Waals surface area contributed by atoms with Crippen LogP contribution >= 0.6 is 0 Å². The van der Waals surface area contributed by atoms with E-state index in [0.29, 0.717) is 0 Å². The normalized spacial score (nSPS) is 11.3. The topological polar surface area (TPSA) is 0 Å². The molecule has 0 aliphatic heterocycles. The van der Waals surface area contributed by atoms with E-state index in [1.165, 1.54) is 23.5 Å². The maximum atomic E-state index is 3.45. The molecule has 0 nitrogen and oxygen atoms in total. The average molecular weight is 437 g/mol. The van der Waals surface area contributed by atoms with Crippen LogP contribution in [-0.4, -0.2) is 42.4 Å². The minimum atomic E-state index is -1.13. The van der Waals surface area contributed by atoms with Crippen LogP contribution in [0.25, 0.3) is 0 Å². The molecule has 0 bridgehead atoms. The molecule has 20 heavy (non-hydrogen) atoms. The van der Waals surface area contributed by atoms with Crippen LogP contribution in [0.2, 0.25) is 49.9 Å². The van der Waals surface area contributed by atoms with E-state index in [2.05, 4.69) is 62.2 Å². The van der Waals surface area contributed by atoms with Crippen LogP contribution < -0.4 is 0 Å². The van der Waals surface area contributed by atoms with E-state index in [1.54, 1.807) is 0 Å². The summed E-state index contributed by atoms with van der Waals surface area (Å²) in [5.41, 5.74) is 6.90. The van der Waals surface area contributed by atoms with Gasteiger partial charge in [0.2, 0.25) is 0 Å². The van der Waals surface area contributed by atoms with Crippen LogP contribution in [0.1, 0.15) is 25.7 Å². The first-order valence-electron chi connectivity index (χ1n) is 7.45. The second-order valence-electron chi connectivity index (χ2n) is 6.95. The number of hydrogen-bond acceptors (Lipinski definition) is 0. The molecule has 0 fully saturated rings. The molecular formula is C16H30Se2Si2. The van der Waals surface area contributed by atoms with Gasteiger partial charge in [0, 0.05) is 0 Å². The second-order valence-corrected chi connectivity index (χ2v) is 24.3. The monoisotopic (exact) mass is 438 g/mol. The Morgan fingerprint density at radius 2 is 1.00 bits per heavy atom. The van der Waals surface area contributed by atoms with Gasteiger partial charge in [-0.3, -0.25) is 0 Å². The Hall–Kier alpha value is 0.593. The van der Waals surface area contributed by atoms with E-state index in [-0.39, 0.29) is 0 Å². The Morgan fingerprint density at radius 1 is 0.650 bits per heavy atom. The van der Waals surface area contributed by atoms with E-state index < -0.39 is 16.1 Å². The maximum absolute atomic E-state index is 3.45. The minimum absolute atomic E-state index is 0.903. The van der Waals surface area contributed by atoms with Gasteiger partial charge >= 0.3 is 141 Å². The van der Waals surface area contributed by atoms with Crippen molar-refractivity contribution in [3.8, 4) is 22.9 Å². The molecule has 0 spiro atoms. The predicted molar refractivity (Wildman–Crippen MR) is 102 cm³/mol. The summed E-state index contributed by atoms with van der Waals surface area (Å²) in [5, 5.41) is 2.88. The molecule has 0 rings (SSSR count). The van der Waals surface area contributed by atoms with Crippen molar-refractivity contribution in [1.82, 2.24) is 0 Å². The molecule has 0 unspecified atom stereocenters. The van der Waals surface area contributed by atoms with Crippen molar-refractivity contribution in [2.24, 2.45) is 0 Å². The van der Waals surface area contributed by atoms with Crippen molar-refractivity contribution in [2.75, 3.05) is 0 Å². The number of rotatable bonds is 7. The summed E-state index contributed by atoms with van der Waals surface area (Å²) in [7, 11) is -2.25. The molecule has 0 radical (unpaired) electrons. The quantitative estimate of drug-likeness (QED) is 0.314. The van der Waals surface area contributed by atoms with Gasteiger partial charge in [0.25, 0.3) is 0 Å². The SMILES string of the molecule is C[Si](C)(C)C#CCCC[Se][Se]CCCC#C[Si](C)(C)C. The summed E-state index contributed by atoms with van der Waals surface area (Å²) in [4.78, 5) is 0. The number of unbranched alkanes of at least 4 members (excludes halogenated alkanes) is 2. The average Bonchev–Trinajstić information content (AvgIpc) is 2.27. The van der Waals surface area contributed by atoms with Crippen molar-refractivity contribution in [2.45, 2.75) is 75.6 Å². The molecule has 4 heteroatoms. The third kappa shape index (κ3) is 18.6. The molecule has 0 atom stereocenters. The van der Waals surface area contributed by atoms with Gasteiger partial charge in [-0.05, 0) is 0 Å². The Balaban J connectivity index is 3.37. The van der Waals surface area contributed by atoms with Gasteiger partial charge in [-0.1, -0.05) is 0 Å². The Bertz CT molecular complexity index is 332. The summed E-state index contributed by atoms with van der Waals surface area (Å²) >= 11 is 1.81. The second kappa shape index (κ2) is 11.2. The molecular weight excluding hydrogens is 406 g/mol. The standard InChI is InChI=1S/C16H30Se2Si2/c1-19(2,3)15-11-7-9-13-17-18-14-10-8-12-16-20(4,5)6/h7-10,13-14H2,1-6H3. The zero-order valence-corrected chi connectivity index (χ0v) is 19.5. The van der Waals surface area contributed by atoms with Crippen LogP contribution in [-0.2, 0) is 0 Å². The van der Waals surface area contributed by atoms with Crippen molar-refractivity contribution < 1.29 is 0 Å². The summed E-state index contributed by atoms with van der Waals surface area (Å²) < 4.78 is 0. The molecule has 0 aromatic heterocycles. The van der Waals surface area contributed by atoms with Crippen molar-refractivity contribution in [1.29, 1.82) is 0 Å². The third-order valence-corrected chi connectivity index (χ3v) is 11.6. The van der Waals surface area contributed by atoms with Gasteiger partial charge < -0.3 is 0 Å². The third-order valence-electron chi connectivity index (χ3n) is 2.07. The van der Waals surface area contributed by atoms with Gasteiger partial charge in [0.1, 0.15) is 0 Å². The molecule has 0 saturated heterocycles. The number of hydrogen-bond donors (Lipinski definition) is 0. The first kappa shape index (κ1) is 20.6. The van der Waals surface area contributed by atoms with Crippen molar-refractivity contribution >= 4 is 42.4 Å². The molecule has 0 N–H and O–H groups in total. The first-order chi connectivity index (χ1) is 9.21. The fourth-order valence-corrected chi connectivity index (χ4v) is 9.26.